The van der Waals surface area contributed by atoms with Gasteiger partial charge in [-0.2, -0.15) is 0 Å². The summed E-state index contributed by atoms with van der Waals surface area (Å²) in [5, 5.41) is 2.83. The summed E-state index contributed by atoms with van der Waals surface area (Å²) in [5.74, 6) is -0.518. The van der Waals surface area contributed by atoms with Gasteiger partial charge in [-0.3, -0.25) is 13.9 Å². The van der Waals surface area contributed by atoms with Crippen molar-refractivity contribution in [2.75, 3.05) is 24.5 Å². The van der Waals surface area contributed by atoms with Gasteiger partial charge in [-0.15, -0.1) is 0 Å². The van der Waals surface area contributed by atoms with Crippen LogP contribution in [0.25, 0.3) is 0 Å². The number of sulfonamides is 1. The van der Waals surface area contributed by atoms with Crippen LogP contribution in [-0.2, 0) is 26.2 Å². The van der Waals surface area contributed by atoms with Crippen molar-refractivity contribution >= 4 is 27.5 Å². The Balaban J connectivity index is 2.04. The molecule has 1 unspecified atom stereocenters. The predicted molar refractivity (Wildman–Crippen MR) is 148 cm³/mol. The maximum Gasteiger partial charge on any atom is 0.264 e. The van der Waals surface area contributed by atoms with Crippen LogP contribution in [0.3, 0.4) is 0 Å². The van der Waals surface area contributed by atoms with Crippen molar-refractivity contribution in [1.29, 1.82) is 0 Å². The summed E-state index contributed by atoms with van der Waals surface area (Å²) < 4.78 is 34.3. The van der Waals surface area contributed by atoms with E-state index in [1.807, 2.05) is 44.2 Å². The van der Waals surface area contributed by atoms with Gasteiger partial charge in [0.2, 0.25) is 11.8 Å². The van der Waals surface area contributed by atoms with Crippen LogP contribution in [-0.4, -0.2) is 51.4 Å². The van der Waals surface area contributed by atoms with Crippen LogP contribution >= 0.6 is 0 Å². The Hall–Kier alpha value is -3.85. The second-order valence-electron chi connectivity index (χ2n) is 8.97. The summed E-state index contributed by atoms with van der Waals surface area (Å²) in [4.78, 5) is 28.2. The molecule has 0 aliphatic carbocycles. The highest BCUT2D eigenvalue weighted by Gasteiger charge is 2.33. The zero-order valence-electron chi connectivity index (χ0n) is 22.3. The average molecular weight is 538 g/mol. The fraction of sp³-hybridized carbons (Fsp3) is 0.310. The maximum atomic E-state index is 13.9. The zero-order chi connectivity index (χ0) is 27.7. The number of hydrogen-bond donors (Lipinski definition) is 1. The summed E-state index contributed by atoms with van der Waals surface area (Å²) in [5.41, 5.74) is 1.96. The minimum absolute atomic E-state index is 0.0464. The van der Waals surface area contributed by atoms with Gasteiger partial charge in [0.05, 0.1) is 17.7 Å². The minimum atomic E-state index is -4.16. The number of carbonyl (C=O) groups is 2. The van der Waals surface area contributed by atoms with Gasteiger partial charge in [-0.05, 0) is 50.1 Å². The van der Waals surface area contributed by atoms with Gasteiger partial charge < -0.3 is 15.0 Å². The minimum Gasteiger partial charge on any atom is -0.495 e. The van der Waals surface area contributed by atoms with E-state index in [2.05, 4.69) is 5.32 Å². The normalized spacial score (nSPS) is 11.9. The quantitative estimate of drug-likeness (QED) is 0.375. The van der Waals surface area contributed by atoms with Crippen molar-refractivity contribution < 1.29 is 22.7 Å². The molecule has 3 aromatic rings. The van der Waals surface area contributed by atoms with Gasteiger partial charge in [0, 0.05) is 13.1 Å². The molecule has 0 radical (unpaired) electrons. The summed E-state index contributed by atoms with van der Waals surface area (Å²) in [6.07, 6.45) is 0.751. The van der Waals surface area contributed by atoms with Crippen molar-refractivity contribution in [2.24, 2.45) is 0 Å². The topological polar surface area (TPSA) is 96.0 Å². The molecule has 0 bridgehead atoms. The lowest BCUT2D eigenvalue weighted by molar-refractivity contribution is -0.139. The lowest BCUT2D eigenvalue weighted by atomic mass is 10.1. The number of anilines is 1. The van der Waals surface area contributed by atoms with Gasteiger partial charge in [0.25, 0.3) is 10.0 Å². The molecule has 8 nitrogen and oxygen atoms in total. The second-order valence-corrected chi connectivity index (χ2v) is 10.8. The van der Waals surface area contributed by atoms with Crippen LogP contribution in [0.2, 0.25) is 0 Å². The average Bonchev–Trinajstić information content (AvgIpc) is 2.93. The Morgan fingerprint density at radius 2 is 1.58 bits per heavy atom. The third kappa shape index (κ3) is 6.92. The van der Waals surface area contributed by atoms with E-state index in [1.165, 1.54) is 24.1 Å². The van der Waals surface area contributed by atoms with Crippen LogP contribution in [0.15, 0.2) is 83.8 Å². The summed E-state index contributed by atoms with van der Waals surface area (Å²) in [6, 6.07) is 21.5. The van der Waals surface area contributed by atoms with Crippen molar-refractivity contribution in [3.63, 3.8) is 0 Å². The number of ether oxygens (including phenoxy) is 1. The van der Waals surface area contributed by atoms with Crippen LogP contribution in [0.5, 0.6) is 5.75 Å². The number of carbonyl (C=O) groups excluding carboxylic acids is 2. The van der Waals surface area contributed by atoms with Gasteiger partial charge in [-0.1, -0.05) is 67.1 Å². The third-order valence-electron chi connectivity index (χ3n) is 6.15. The van der Waals surface area contributed by atoms with E-state index in [4.69, 9.17) is 4.74 Å². The summed E-state index contributed by atoms with van der Waals surface area (Å²) >= 11 is 0. The molecular formula is C29H35N3O5S. The molecule has 202 valence electrons. The number of benzene rings is 3. The smallest absolute Gasteiger partial charge is 0.264 e. The molecule has 0 aliphatic heterocycles. The van der Waals surface area contributed by atoms with Gasteiger partial charge in [0.15, 0.2) is 0 Å². The molecule has 38 heavy (non-hydrogen) atoms. The Labute approximate surface area is 225 Å². The van der Waals surface area contributed by atoms with E-state index in [1.54, 1.807) is 43.3 Å². The highest BCUT2D eigenvalue weighted by Crippen LogP contribution is 2.32. The molecule has 2 amide bonds. The number of aryl methyl sites for hydroxylation is 1. The molecule has 1 atom stereocenters. The van der Waals surface area contributed by atoms with Crippen molar-refractivity contribution in [3.05, 3.63) is 90.0 Å². The van der Waals surface area contributed by atoms with Crippen molar-refractivity contribution in [3.8, 4) is 5.75 Å². The zero-order valence-corrected chi connectivity index (χ0v) is 23.1. The first-order chi connectivity index (χ1) is 18.2. The third-order valence-corrected chi connectivity index (χ3v) is 7.93. The van der Waals surface area contributed by atoms with Crippen LogP contribution < -0.4 is 14.4 Å². The van der Waals surface area contributed by atoms with E-state index in [0.29, 0.717) is 12.3 Å². The van der Waals surface area contributed by atoms with E-state index >= 15 is 0 Å². The molecule has 0 saturated heterocycles. The molecular weight excluding hydrogens is 502 g/mol. The lowest BCUT2D eigenvalue weighted by Gasteiger charge is -2.32. The van der Waals surface area contributed by atoms with E-state index in [9.17, 15) is 18.0 Å². The Morgan fingerprint density at radius 1 is 0.947 bits per heavy atom. The number of para-hydroxylation sites is 2. The first-order valence-electron chi connectivity index (χ1n) is 12.5. The summed E-state index contributed by atoms with van der Waals surface area (Å²) in [7, 11) is -2.72. The molecule has 0 aromatic heterocycles. The number of methoxy groups -OCH3 is 1. The maximum absolute atomic E-state index is 13.9. The van der Waals surface area contributed by atoms with E-state index in [-0.39, 0.29) is 23.0 Å². The first-order valence-corrected chi connectivity index (χ1v) is 14.0. The van der Waals surface area contributed by atoms with Crippen LogP contribution in [0.1, 0.15) is 31.4 Å². The molecule has 0 heterocycles. The predicted octanol–water partition coefficient (Wildman–Crippen LogP) is 4.14. The molecule has 0 spiro atoms. The van der Waals surface area contributed by atoms with Gasteiger partial charge in [0.1, 0.15) is 18.3 Å². The molecule has 0 fully saturated rings. The van der Waals surface area contributed by atoms with Crippen molar-refractivity contribution in [1.82, 2.24) is 10.2 Å². The molecule has 9 heteroatoms. The monoisotopic (exact) mass is 537 g/mol. The Morgan fingerprint density at radius 3 is 2.21 bits per heavy atom. The van der Waals surface area contributed by atoms with Gasteiger partial charge >= 0.3 is 0 Å². The highest BCUT2D eigenvalue weighted by atomic mass is 32.2. The molecule has 3 rings (SSSR count). The number of nitrogens with one attached hydrogen (secondary N) is 1. The molecule has 0 aliphatic rings. The molecule has 3 aromatic carbocycles. The SMILES string of the molecule is CCCNC(=O)C(C)N(Cc1ccccc1)C(=O)CN(c1ccccc1OC)S(=O)(=O)c1ccc(C)cc1. The number of hydrogen-bond acceptors (Lipinski definition) is 5. The standard InChI is InChI=1S/C29H35N3O5S/c1-5-19-30-29(34)23(3)31(20-24-11-7-6-8-12-24)28(33)21-32(26-13-9-10-14-27(26)37-4)38(35,36)25-17-15-22(2)16-18-25/h6-18,23H,5,19-21H2,1-4H3,(H,30,34). The molecule has 1 N–H and O–H groups in total. The van der Waals surface area contributed by atoms with E-state index < -0.39 is 28.5 Å². The fourth-order valence-corrected chi connectivity index (χ4v) is 5.37. The summed E-state index contributed by atoms with van der Waals surface area (Å²) in [6.45, 7) is 5.56. The van der Waals surface area contributed by atoms with Gasteiger partial charge in [-0.25, -0.2) is 8.42 Å². The van der Waals surface area contributed by atoms with E-state index in [0.717, 1.165) is 21.9 Å². The fourth-order valence-electron chi connectivity index (χ4n) is 3.95. The Bertz CT molecular complexity index is 1330. The largest absolute Gasteiger partial charge is 0.495 e. The van der Waals surface area contributed by atoms with Crippen LogP contribution in [0, 0.1) is 6.92 Å². The number of rotatable bonds is 12. The lowest BCUT2D eigenvalue weighted by Crippen LogP contribution is -2.51. The Kier molecular flexibility index (Phi) is 9.90. The van der Waals surface area contributed by atoms with Crippen molar-refractivity contribution in [2.45, 2.75) is 44.7 Å². The highest BCUT2D eigenvalue weighted by molar-refractivity contribution is 7.92. The van der Waals surface area contributed by atoms with Crippen LogP contribution in [0.4, 0.5) is 5.69 Å². The number of nitrogens with zero attached hydrogens (tertiary/aromatic N) is 2. The molecule has 0 saturated carbocycles. The second kappa shape index (κ2) is 13.1. The first kappa shape index (κ1) is 28.7. The number of amides is 2.